The highest BCUT2D eigenvalue weighted by molar-refractivity contribution is 6.22. The Balaban J connectivity index is 1.19. The Kier molecular flexibility index (Phi) is 6.63. The monoisotopic (exact) mass is 648 g/mol. The third-order valence-corrected chi connectivity index (χ3v) is 11.3. The molecule has 0 aromatic heterocycles. The van der Waals surface area contributed by atoms with E-state index in [1.54, 1.807) is 0 Å². The Hall–Kier alpha value is -6.24. The van der Waals surface area contributed by atoms with Crippen molar-refractivity contribution in [3.8, 4) is 55.6 Å². The van der Waals surface area contributed by atoms with Gasteiger partial charge in [0.15, 0.2) is 0 Å². The molecule has 0 saturated heterocycles. The van der Waals surface area contributed by atoms with E-state index in [4.69, 9.17) is 0 Å². The van der Waals surface area contributed by atoms with Gasteiger partial charge in [0.1, 0.15) is 0 Å². The molecule has 240 valence electrons. The molecule has 0 nitrogen and oxygen atoms in total. The maximum absolute atomic E-state index is 2.47. The lowest BCUT2D eigenvalue weighted by molar-refractivity contribution is 0.660. The van der Waals surface area contributed by atoms with Crippen LogP contribution in [-0.2, 0) is 5.41 Å². The van der Waals surface area contributed by atoms with Crippen LogP contribution in [0.1, 0.15) is 25.0 Å². The van der Waals surface area contributed by atoms with Gasteiger partial charge in [-0.15, -0.1) is 0 Å². The first-order valence-electron chi connectivity index (χ1n) is 17.9. The summed E-state index contributed by atoms with van der Waals surface area (Å²) in [5, 5.41) is 7.65. The van der Waals surface area contributed by atoms with Crippen molar-refractivity contribution in [3.05, 3.63) is 193 Å². The number of rotatable bonds is 4. The lowest BCUT2D eigenvalue weighted by Gasteiger charge is -2.23. The second kappa shape index (κ2) is 11.4. The van der Waals surface area contributed by atoms with Crippen molar-refractivity contribution in [2.45, 2.75) is 19.3 Å². The molecule has 1 aliphatic carbocycles. The minimum atomic E-state index is -0.0666. The van der Waals surface area contributed by atoms with Crippen molar-refractivity contribution in [3.63, 3.8) is 0 Å². The standard InChI is InChI=1S/C51H36/c1-51(2)47-22-11-10-18-41(47)42-29-28-38(32-48(42)51)50-44-20-9-8-19-43(44)49(36-14-4-3-5-15-36)46-31-37(27-30-45(46)50)33-23-25-35(26-24-33)40-21-12-16-34-13-6-7-17-39(34)40/h3-32H,1-2H3. The Morgan fingerprint density at radius 1 is 0.294 bits per heavy atom. The summed E-state index contributed by atoms with van der Waals surface area (Å²) in [6, 6.07) is 67.4. The van der Waals surface area contributed by atoms with Crippen LogP contribution < -0.4 is 0 Å². The van der Waals surface area contributed by atoms with Crippen molar-refractivity contribution >= 4 is 32.3 Å². The number of fused-ring (bicyclic) bond motifs is 6. The smallest absolute Gasteiger partial charge is 0.0159 e. The summed E-state index contributed by atoms with van der Waals surface area (Å²) >= 11 is 0. The molecule has 1 aliphatic rings. The molecule has 9 aromatic carbocycles. The van der Waals surface area contributed by atoms with Gasteiger partial charge in [0.2, 0.25) is 0 Å². The van der Waals surface area contributed by atoms with Gasteiger partial charge in [-0.05, 0) is 111 Å². The van der Waals surface area contributed by atoms with Gasteiger partial charge in [0, 0.05) is 5.41 Å². The van der Waals surface area contributed by atoms with Crippen molar-refractivity contribution in [2.24, 2.45) is 0 Å². The molecular formula is C51H36. The van der Waals surface area contributed by atoms with E-state index in [-0.39, 0.29) is 5.41 Å². The fraction of sp³-hybridized carbons (Fsp3) is 0.0588. The van der Waals surface area contributed by atoms with Gasteiger partial charge in [0.25, 0.3) is 0 Å². The van der Waals surface area contributed by atoms with Crippen LogP contribution in [0.2, 0.25) is 0 Å². The minimum Gasteiger partial charge on any atom is -0.0622 e. The van der Waals surface area contributed by atoms with E-state index in [1.807, 2.05) is 0 Å². The third kappa shape index (κ3) is 4.60. The van der Waals surface area contributed by atoms with Crippen LogP contribution in [-0.4, -0.2) is 0 Å². The molecule has 0 bridgehead atoms. The molecular weight excluding hydrogens is 613 g/mol. The van der Waals surface area contributed by atoms with Crippen LogP contribution in [0.5, 0.6) is 0 Å². The molecule has 0 spiro atoms. The van der Waals surface area contributed by atoms with Crippen molar-refractivity contribution in [1.82, 2.24) is 0 Å². The second-order valence-electron chi connectivity index (χ2n) is 14.5. The van der Waals surface area contributed by atoms with Crippen LogP contribution in [0.15, 0.2) is 182 Å². The highest BCUT2D eigenvalue weighted by atomic mass is 14.4. The highest BCUT2D eigenvalue weighted by Gasteiger charge is 2.35. The highest BCUT2D eigenvalue weighted by Crippen LogP contribution is 2.51. The van der Waals surface area contributed by atoms with E-state index in [0.29, 0.717) is 0 Å². The summed E-state index contributed by atoms with van der Waals surface area (Å²) in [5.74, 6) is 0. The molecule has 0 amide bonds. The molecule has 51 heavy (non-hydrogen) atoms. The maximum atomic E-state index is 2.47. The van der Waals surface area contributed by atoms with Crippen LogP contribution in [0, 0.1) is 0 Å². The Labute approximate surface area is 299 Å². The number of benzene rings is 9. The summed E-state index contributed by atoms with van der Waals surface area (Å²) in [6.07, 6.45) is 0. The summed E-state index contributed by atoms with van der Waals surface area (Å²) in [4.78, 5) is 0. The van der Waals surface area contributed by atoms with E-state index in [0.717, 1.165) is 0 Å². The van der Waals surface area contributed by atoms with Crippen molar-refractivity contribution in [2.75, 3.05) is 0 Å². The Morgan fingerprint density at radius 2 is 0.843 bits per heavy atom. The normalized spacial score (nSPS) is 13.1. The minimum absolute atomic E-state index is 0.0666. The van der Waals surface area contributed by atoms with E-state index < -0.39 is 0 Å². The second-order valence-corrected chi connectivity index (χ2v) is 14.5. The fourth-order valence-electron chi connectivity index (χ4n) is 8.76. The van der Waals surface area contributed by atoms with Crippen LogP contribution in [0.3, 0.4) is 0 Å². The summed E-state index contributed by atoms with van der Waals surface area (Å²) < 4.78 is 0. The van der Waals surface area contributed by atoms with Gasteiger partial charge in [-0.1, -0.05) is 184 Å². The maximum Gasteiger partial charge on any atom is 0.0159 e. The molecule has 0 saturated carbocycles. The Morgan fingerprint density at radius 3 is 1.65 bits per heavy atom. The van der Waals surface area contributed by atoms with Crippen LogP contribution in [0.25, 0.3) is 88.0 Å². The molecule has 0 heterocycles. The molecule has 0 radical (unpaired) electrons. The van der Waals surface area contributed by atoms with Crippen molar-refractivity contribution in [1.29, 1.82) is 0 Å². The topological polar surface area (TPSA) is 0 Å². The molecule has 9 aromatic rings. The lowest BCUT2D eigenvalue weighted by atomic mass is 9.80. The molecule has 0 aliphatic heterocycles. The predicted molar refractivity (Wildman–Crippen MR) is 218 cm³/mol. The largest absolute Gasteiger partial charge is 0.0622 e. The quantitative estimate of drug-likeness (QED) is 0.167. The lowest BCUT2D eigenvalue weighted by Crippen LogP contribution is -2.14. The van der Waals surface area contributed by atoms with Crippen molar-refractivity contribution < 1.29 is 0 Å². The third-order valence-electron chi connectivity index (χ3n) is 11.3. The molecule has 10 rings (SSSR count). The number of hydrogen-bond acceptors (Lipinski definition) is 0. The van der Waals surface area contributed by atoms with E-state index in [9.17, 15) is 0 Å². The van der Waals surface area contributed by atoms with E-state index in [2.05, 4.69) is 196 Å². The summed E-state index contributed by atoms with van der Waals surface area (Å²) in [5.41, 5.74) is 15.5. The SMILES string of the molecule is CC1(C)c2ccccc2-c2ccc(-c3c4ccccc4c(-c4ccccc4)c4cc(-c5ccc(-c6cccc7ccccc67)cc5)ccc34)cc21. The van der Waals surface area contributed by atoms with Gasteiger partial charge in [-0.3, -0.25) is 0 Å². The Bertz CT molecular complexity index is 2790. The molecule has 0 atom stereocenters. The first-order chi connectivity index (χ1) is 25.1. The van der Waals surface area contributed by atoms with Gasteiger partial charge in [-0.25, -0.2) is 0 Å². The summed E-state index contributed by atoms with van der Waals surface area (Å²) in [6.45, 7) is 4.74. The predicted octanol–water partition coefficient (Wildman–Crippen LogP) is 14.1. The first kappa shape index (κ1) is 29.7. The zero-order chi connectivity index (χ0) is 34.1. The van der Waals surface area contributed by atoms with Gasteiger partial charge in [-0.2, -0.15) is 0 Å². The van der Waals surface area contributed by atoms with Crippen LogP contribution >= 0.6 is 0 Å². The van der Waals surface area contributed by atoms with E-state index >= 15 is 0 Å². The average Bonchev–Trinajstić information content (AvgIpc) is 3.42. The van der Waals surface area contributed by atoms with Crippen LogP contribution in [0.4, 0.5) is 0 Å². The van der Waals surface area contributed by atoms with Gasteiger partial charge >= 0.3 is 0 Å². The van der Waals surface area contributed by atoms with Gasteiger partial charge < -0.3 is 0 Å². The summed E-state index contributed by atoms with van der Waals surface area (Å²) in [7, 11) is 0. The molecule has 0 unspecified atom stereocenters. The number of hydrogen-bond donors (Lipinski definition) is 0. The zero-order valence-corrected chi connectivity index (χ0v) is 28.8. The zero-order valence-electron chi connectivity index (χ0n) is 28.8. The van der Waals surface area contributed by atoms with Gasteiger partial charge in [0.05, 0.1) is 0 Å². The average molecular weight is 649 g/mol. The fourth-order valence-corrected chi connectivity index (χ4v) is 8.76. The molecule has 0 heteroatoms. The molecule has 0 fully saturated rings. The van der Waals surface area contributed by atoms with E-state index in [1.165, 1.54) is 99.1 Å². The molecule has 0 N–H and O–H groups in total. The first-order valence-corrected chi connectivity index (χ1v) is 17.9.